The van der Waals surface area contributed by atoms with Crippen LogP contribution in [0.25, 0.3) is 0 Å². The van der Waals surface area contributed by atoms with Crippen molar-refractivity contribution in [3.63, 3.8) is 0 Å². The lowest BCUT2D eigenvalue weighted by Gasteiger charge is -2.14. The van der Waals surface area contributed by atoms with Crippen LogP contribution in [0.15, 0.2) is 16.6 Å². The second-order valence-electron chi connectivity index (χ2n) is 3.27. The van der Waals surface area contributed by atoms with Crippen LogP contribution < -0.4 is 5.32 Å². The molecule has 1 unspecified atom stereocenters. The quantitative estimate of drug-likeness (QED) is 0.835. The minimum Gasteiger partial charge on any atom is -0.390 e. The Morgan fingerprint density at radius 1 is 1.53 bits per heavy atom. The minimum absolute atomic E-state index is 0.209. The van der Waals surface area contributed by atoms with E-state index in [2.05, 4.69) is 21.2 Å². The van der Waals surface area contributed by atoms with Gasteiger partial charge in [-0.1, -0.05) is 27.5 Å². The highest BCUT2D eigenvalue weighted by molar-refractivity contribution is 9.10. The Labute approximate surface area is 108 Å². The third-order valence-corrected chi connectivity index (χ3v) is 3.06. The van der Waals surface area contributed by atoms with Crippen molar-refractivity contribution in [2.45, 2.75) is 13.0 Å². The fourth-order valence-electron chi connectivity index (χ4n) is 1.20. The van der Waals surface area contributed by atoms with E-state index in [1.807, 2.05) is 19.1 Å². The summed E-state index contributed by atoms with van der Waals surface area (Å²) >= 11 is 14.9. The first-order chi connectivity index (χ1) is 7.04. The molecule has 1 aromatic carbocycles. The van der Waals surface area contributed by atoms with Gasteiger partial charge in [-0.15, -0.1) is 11.6 Å². The molecule has 0 fully saturated rings. The third-order valence-electron chi connectivity index (χ3n) is 1.94. The van der Waals surface area contributed by atoms with Crippen LogP contribution in [0.4, 0.5) is 5.69 Å². The standard InChI is InChI=1S/C10H12BrCl2NO/c1-6-2-7(11)3-9(13)10(6)14-5-8(15)4-12/h2-3,8,14-15H,4-5H2,1H3. The molecule has 5 heteroatoms. The maximum atomic E-state index is 9.31. The molecule has 84 valence electrons. The topological polar surface area (TPSA) is 32.3 Å². The van der Waals surface area contributed by atoms with Crippen LogP contribution in [0.5, 0.6) is 0 Å². The summed E-state index contributed by atoms with van der Waals surface area (Å²) in [6.07, 6.45) is -0.564. The zero-order chi connectivity index (χ0) is 11.4. The van der Waals surface area contributed by atoms with Gasteiger partial charge in [0, 0.05) is 11.0 Å². The maximum absolute atomic E-state index is 9.31. The second kappa shape index (κ2) is 5.94. The van der Waals surface area contributed by atoms with Crippen molar-refractivity contribution in [3.05, 3.63) is 27.2 Å². The van der Waals surface area contributed by atoms with Crippen LogP contribution in [0.1, 0.15) is 5.56 Å². The summed E-state index contributed by atoms with van der Waals surface area (Å²) in [5.41, 5.74) is 1.86. The molecule has 1 atom stereocenters. The van der Waals surface area contributed by atoms with Crippen molar-refractivity contribution in [3.8, 4) is 0 Å². The summed E-state index contributed by atoms with van der Waals surface area (Å²) in [6.45, 7) is 2.34. The third kappa shape index (κ3) is 3.83. The fourth-order valence-corrected chi connectivity index (χ4v) is 2.35. The van der Waals surface area contributed by atoms with Crippen molar-refractivity contribution in [2.24, 2.45) is 0 Å². The van der Waals surface area contributed by atoms with E-state index in [9.17, 15) is 5.11 Å². The Morgan fingerprint density at radius 2 is 2.20 bits per heavy atom. The van der Waals surface area contributed by atoms with E-state index in [-0.39, 0.29) is 5.88 Å². The number of benzene rings is 1. The Hall–Kier alpha value is 0.0400. The van der Waals surface area contributed by atoms with Gasteiger partial charge < -0.3 is 10.4 Å². The molecule has 1 aromatic rings. The number of hydrogen-bond acceptors (Lipinski definition) is 2. The Bertz CT molecular complexity index is 323. The molecular formula is C10H12BrCl2NO. The Morgan fingerprint density at radius 3 is 2.73 bits per heavy atom. The number of aliphatic hydroxyl groups is 1. The molecule has 0 heterocycles. The molecule has 0 saturated carbocycles. The van der Waals surface area contributed by atoms with E-state index in [1.54, 1.807) is 0 Å². The molecule has 0 amide bonds. The lowest BCUT2D eigenvalue weighted by atomic mass is 10.2. The predicted molar refractivity (Wildman–Crippen MR) is 69.1 cm³/mol. The van der Waals surface area contributed by atoms with E-state index in [4.69, 9.17) is 23.2 Å². The molecule has 0 aliphatic rings. The minimum atomic E-state index is -0.564. The summed E-state index contributed by atoms with van der Waals surface area (Å²) in [6, 6.07) is 3.77. The predicted octanol–water partition coefficient (Wildman–Crippen LogP) is 3.42. The van der Waals surface area contributed by atoms with Crippen LogP contribution in [0.3, 0.4) is 0 Å². The zero-order valence-corrected chi connectivity index (χ0v) is 11.3. The molecular weight excluding hydrogens is 301 g/mol. The lowest BCUT2D eigenvalue weighted by Crippen LogP contribution is -2.21. The van der Waals surface area contributed by atoms with Gasteiger partial charge in [0.1, 0.15) is 0 Å². The average molecular weight is 313 g/mol. The highest BCUT2D eigenvalue weighted by Gasteiger charge is 2.07. The molecule has 0 aliphatic carbocycles. The highest BCUT2D eigenvalue weighted by atomic mass is 79.9. The van der Waals surface area contributed by atoms with Gasteiger partial charge in [-0.3, -0.25) is 0 Å². The maximum Gasteiger partial charge on any atom is 0.0847 e. The van der Waals surface area contributed by atoms with Crippen LogP contribution in [-0.2, 0) is 0 Å². The SMILES string of the molecule is Cc1cc(Br)cc(Cl)c1NCC(O)CCl. The van der Waals surface area contributed by atoms with Gasteiger partial charge in [0.15, 0.2) is 0 Å². The Balaban J connectivity index is 2.77. The highest BCUT2D eigenvalue weighted by Crippen LogP contribution is 2.29. The van der Waals surface area contributed by atoms with Crippen molar-refractivity contribution >= 4 is 44.8 Å². The number of nitrogens with one attached hydrogen (secondary N) is 1. The number of aryl methyl sites for hydroxylation is 1. The molecule has 0 aromatic heterocycles. The first-order valence-corrected chi connectivity index (χ1v) is 6.18. The molecule has 1 rings (SSSR count). The van der Waals surface area contributed by atoms with Crippen LogP contribution in [-0.4, -0.2) is 23.6 Å². The van der Waals surface area contributed by atoms with E-state index in [1.165, 1.54) is 0 Å². The van der Waals surface area contributed by atoms with E-state index in [0.717, 1.165) is 15.7 Å². The summed E-state index contributed by atoms with van der Waals surface area (Å²) < 4.78 is 0.938. The van der Waals surface area contributed by atoms with E-state index < -0.39 is 6.10 Å². The molecule has 2 N–H and O–H groups in total. The molecule has 2 nitrogen and oxygen atoms in total. The van der Waals surface area contributed by atoms with Crippen molar-refractivity contribution in [1.82, 2.24) is 0 Å². The van der Waals surface area contributed by atoms with Gasteiger partial charge >= 0.3 is 0 Å². The van der Waals surface area contributed by atoms with E-state index >= 15 is 0 Å². The first kappa shape index (κ1) is 13.1. The largest absolute Gasteiger partial charge is 0.390 e. The molecule has 0 radical (unpaired) electrons. The number of halogens is 3. The summed E-state index contributed by atoms with van der Waals surface area (Å²) in [5, 5.41) is 13.0. The summed E-state index contributed by atoms with van der Waals surface area (Å²) in [4.78, 5) is 0. The van der Waals surface area contributed by atoms with Gasteiger partial charge in [0.2, 0.25) is 0 Å². The first-order valence-electron chi connectivity index (χ1n) is 4.48. The molecule has 0 spiro atoms. The van der Waals surface area contributed by atoms with Gasteiger partial charge in [-0.05, 0) is 24.6 Å². The number of alkyl halides is 1. The lowest BCUT2D eigenvalue weighted by molar-refractivity contribution is 0.211. The van der Waals surface area contributed by atoms with Crippen LogP contribution in [0.2, 0.25) is 5.02 Å². The van der Waals surface area contributed by atoms with Gasteiger partial charge in [0.05, 0.1) is 22.7 Å². The molecule has 0 bridgehead atoms. The Kier molecular flexibility index (Phi) is 5.19. The molecule has 0 aliphatic heterocycles. The average Bonchev–Trinajstić information content (AvgIpc) is 2.15. The van der Waals surface area contributed by atoms with Gasteiger partial charge in [-0.25, -0.2) is 0 Å². The van der Waals surface area contributed by atoms with Crippen LogP contribution in [0, 0.1) is 6.92 Å². The van der Waals surface area contributed by atoms with Gasteiger partial charge in [0.25, 0.3) is 0 Å². The summed E-state index contributed by atoms with van der Waals surface area (Å²) in [5.74, 6) is 0.209. The zero-order valence-electron chi connectivity index (χ0n) is 8.23. The van der Waals surface area contributed by atoms with Crippen molar-refractivity contribution in [1.29, 1.82) is 0 Å². The van der Waals surface area contributed by atoms with Crippen molar-refractivity contribution < 1.29 is 5.11 Å². The smallest absolute Gasteiger partial charge is 0.0847 e. The number of aliphatic hydroxyl groups excluding tert-OH is 1. The molecule has 15 heavy (non-hydrogen) atoms. The van der Waals surface area contributed by atoms with Crippen LogP contribution >= 0.6 is 39.1 Å². The van der Waals surface area contributed by atoms with Crippen molar-refractivity contribution in [2.75, 3.05) is 17.7 Å². The van der Waals surface area contributed by atoms with E-state index in [0.29, 0.717) is 11.6 Å². The normalized spacial score (nSPS) is 12.6. The molecule has 0 saturated heterocycles. The number of anilines is 1. The number of rotatable bonds is 4. The summed E-state index contributed by atoms with van der Waals surface area (Å²) in [7, 11) is 0. The fraction of sp³-hybridized carbons (Fsp3) is 0.400. The number of hydrogen-bond donors (Lipinski definition) is 2. The monoisotopic (exact) mass is 311 g/mol. The second-order valence-corrected chi connectivity index (χ2v) is 4.90. The van der Waals surface area contributed by atoms with Gasteiger partial charge in [-0.2, -0.15) is 0 Å².